The minimum Gasteiger partial charge on any atom is -0.395 e. The molecule has 2 N–H and O–H groups in total. The Bertz CT molecular complexity index is 1270. The largest absolute Gasteiger partial charge is 0.395 e. The van der Waals surface area contributed by atoms with Crippen molar-refractivity contribution >= 4 is 23.0 Å². The molecule has 1 atom stereocenters. The van der Waals surface area contributed by atoms with E-state index in [-0.39, 0.29) is 25.1 Å². The van der Waals surface area contributed by atoms with Crippen LogP contribution >= 0.6 is 11.3 Å². The third kappa shape index (κ3) is 4.56. The molecular formula is C26H25N5O2S. The Morgan fingerprint density at radius 1 is 1.06 bits per heavy atom. The number of aliphatic hydroxyl groups excluding tert-OH is 1. The van der Waals surface area contributed by atoms with Crippen molar-refractivity contribution < 1.29 is 9.90 Å². The highest BCUT2D eigenvalue weighted by atomic mass is 32.1. The van der Waals surface area contributed by atoms with E-state index in [4.69, 9.17) is 15.3 Å². The van der Waals surface area contributed by atoms with Crippen LogP contribution in [0.2, 0.25) is 0 Å². The fourth-order valence-corrected chi connectivity index (χ4v) is 4.77. The molecule has 0 unspecified atom stereocenters. The van der Waals surface area contributed by atoms with E-state index in [1.54, 1.807) is 16.3 Å². The maximum atomic E-state index is 13.2. The summed E-state index contributed by atoms with van der Waals surface area (Å²) in [6.07, 6.45) is 2.61. The first-order chi connectivity index (χ1) is 16.7. The Morgan fingerprint density at radius 2 is 1.82 bits per heavy atom. The van der Waals surface area contributed by atoms with Crippen molar-refractivity contribution in [1.29, 1.82) is 0 Å². The Hall–Kier alpha value is -3.59. The molecule has 1 aliphatic heterocycles. The molecule has 0 aliphatic carbocycles. The van der Waals surface area contributed by atoms with E-state index in [1.807, 2.05) is 83.0 Å². The van der Waals surface area contributed by atoms with Crippen molar-refractivity contribution in [3.63, 3.8) is 0 Å². The summed E-state index contributed by atoms with van der Waals surface area (Å²) in [7, 11) is 0. The number of para-hydroxylation sites is 1. The number of thiophene rings is 1. The van der Waals surface area contributed by atoms with Crippen LogP contribution in [-0.2, 0) is 4.79 Å². The zero-order chi connectivity index (χ0) is 23.3. The summed E-state index contributed by atoms with van der Waals surface area (Å²) in [4.78, 5) is 13.2. The lowest BCUT2D eigenvalue weighted by atomic mass is 9.97. The Morgan fingerprint density at radius 3 is 2.53 bits per heavy atom. The molecule has 1 aliphatic rings. The highest BCUT2D eigenvalue weighted by Gasteiger charge is 2.36. The summed E-state index contributed by atoms with van der Waals surface area (Å²) in [5, 5.41) is 27.4. The van der Waals surface area contributed by atoms with E-state index in [0.29, 0.717) is 13.0 Å². The van der Waals surface area contributed by atoms with Crippen molar-refractivity contribution in [3.8, 4) is 16.9 Å². The number of nitrogens with one attached hydrogen (secondary N) is 1. The molecule has 0 bridgehead atoms. The number of nitrogens with zero attached hydrogens (tertiary/aromatic N) is 4. The number of benzene rings is 2. The first-order valence-electron chi connectivity index (χ1n) is 11.2. The monoisotopic (exact) mass is 471 g/mol. The smallest absolute Gasteiger partial charge is 0.257 e. The molecule has 0 spiro atoms. The van der Waals surface area contributed by atoms with E-state index in [0.717, 1.165) is 33.8 Å². The second kappa shape index (κ2) is 10.1. The highest BCUT2D eigenvalue weighted by molar-refractivity contribution is 7.08. The van der Waals surface area contributed by atoms with Gasteiger partial charge in [-0.1, -0.05) is 48.5 Å². The number of hydrogen-bond donors (Lipinski definition) is 2. The zero-order valence-corrected chi connectivity index (χ0v) is 19.4. The van der Waals surface area contributed by atoms with Crippen LogP contribution in [0.25, 0.3) is 16.9 Å². The lowest BCUT2D eigenvalue weighted by Gasteiger charge is -2.22. The van der Waals surface area contributed by atoms with Gasteiger partial charge < -0.3 is 10.4 Å². The molecule has 0 saturated carbocycles. The summed E-state index contributed by atoms with van der Waals surface area (Å²) >= 11 is 1.61. The lowest BCUT2D eigenvalue weighted by molar-refractivity contribution is -0.132. The van der Waals surface area contributed by atoms with Gasteiger partial charge in [0.1, 0.15) is 0 Å². The molecule has 2 aromatic heterocycles. The van der Waals surface area contributed by atoms with Gasteiger partial charge in [0.05, 0.1) is 36.3 Å². The summed E-state index contributed by atoms with van der Waals surface area (Å²) in [6, 6.07) is 21.7. The van der Waals surface area contributed by atoms with Gasteiger partial charge in [0.2, 0.25) is 0 Å². The van der Waals surface area contributed by atoms with Crippen LogP contribution in [0.3, 0.4) is 0 Å². The molecule has 4 aromatic rings. The molecule has 34 heavy (non-hydrogen) atoms. The van der Waals surface area contributed by atoms with Gasteiger partial charge in [-0.2, -0.15) is 21.5 Å². The maximum absolute atomic E-state index is 13.2. The minimum absolute atomic E-state index is 0.0257. The molecule has 7 nitrogen and oxygen atoms in total. The van der Waals surface area contributed by atoms with Crippen molar-refractivity contribution in [3.05, 3.63) is 94.8 Å². The molecule has 3 heterocycles. The van der Waals surface area contributed by atoms with Gasteiger partial charge in [-0.25, -0.2) is 9.69 Å². The summed E-state index contributed by atoms with van der Waals surface area (Å²) in [5.74, 6) is -0.143. The van der Waals surface area contributed by atoms with Crippen molar-refractivity contribution in [1.82, 2.24) is 20.1 Å². The van der Waals surface area contributed by atoms with Gasteiger partial charge >= 0.3 is 0 Å². The summed E-state index contributed by atoms with van der Waals surface area (Å²) in [6.45, 7) is 0.430. The van der Waals surface area contributed by atoms with Crippen LogP contribution in [0.5, 0.6) is 0 Å². The summed E-state index contributed by atoms with van der Waals surface area (Å²) < 4.78 is 1.87. The normalized spacial score (nSPS) is 15.5. The number of carbonyl (C=O) groups excluding carboxylic acids is 1. The average molecular weight is 472 g/mol. The second-order valence-corrected chi connectivity index (χ2v) is 8.78. The summed E-state index contributed by atoms with van der Waals surface area (Å²) in [5.41, 5.74) is 5.63. The van der Waals surface area contributed by atoms with Crippen LogP contribution in [0.15, 0.2) is 88.8 Å². The average Bonchev–Trinajstić information content (AvgIpc) is 3.64. The number of rotatable bonds is 8. The molecule has 5 rings (SSSR count). The first kappa shape index (κ1) is 22.2. The Kier molecular flexibility index (Phi) is 6.62. The van der Waals surface area contributed by atoms with Crippen molar-refractivity contribution in [2.24, 2.45) is 5.10 Å². The van der Waals surface area contributed by atoms with Crippen LogP contribution in [0.4, 0.5) is 0 Å². The van der Waals surface area contributed by atoms with Gasteiger partial charge in [0.25, 0.3) is 5.91 Å². The van der Waals surface area contributed by atoms with E-state index < -0.39 is 0 Å². The predicted molar refractivity (Wildman–Crippen MR) is 134 cm³/mol. The maximum Gasteiger partial charge on any atom is 0.257 e. The SMILES string of the molecule is O=C(CNCCO)N1N=C(c2ccsc2)C[C@H]1c1cn(-c2ccccc2)nc1-c1ccccc1. The molecule has 1 amide bonds. The number of aromatic nitrogens is 2. The van der Waals surface area contributed by atoms with Crippen LogP contribution < -0.4 is 5.32 Å². The lowest BCUT2D eigenvalue weighted by Crippen LogP contribution is -2.36. The van der Waals surface area contributed by atoms with Crippen LogP contribution in [0, 0.1) is 0 Å². The number of hydrogen-bond acceptors (Lipinski definition) is 6. The standard InChI is InChI=1S/C26H25N5O2S/c32-13-12-27-16-25(33)31-24(15-23(28-31)20-11-14-34-18-20)22-17-30(21-9-5-2-6-10-21)29-26(22)19-7-3-1-4-8-19/h1-11,14,17-18,24,27,32H,12-13,15-16H2/t24-/m0/s1. The fraction of sp³-hybridized carbons (Fsp3) is 0.192. The molecular weight excluding hydrogens is 446 g/mol. The van der Waals surface area contributed by atoms with Gasteiger partial charge in [-0.15, -0.1) is 0 Å². The van der Waals surface area contributed by atoms with E-state index in [1.165, 1.54) is 0 Å². The Labute approximate surface area is 202 Å². The quantitative estimate of drug-likeness (QED) is 0.382. The first-order valence-corrected chi connectivity index (χ1v) is 12.1. The van der Waals surface area contributed by atoms with Gasteiger partial charge in [0, 0.05) is 35.9 Å². The molecule has 0 radical (unpaired) electrons. The van der Waals surface area contributed by atoms with E-state index in [2.05, 4.69) is 10.7 Å². The van der Waals surface area contributed by atoms with Crippen LogP contribution in [-0.4, -0.2) is 51.2 Å². The van der Waals surface area contributed by atoms with Gasteiger partial charge in [-0.3, -0.25) is 4.79 Å². The van der Waals surface area contributed by atoms with Crippen LogP contribution in [0.1, 0.15) is 23.6 Å². The third-order valence-corrected chi connectivity index (χ3v) is 6.44. The van der Waals surface area contributed by atoms with E-state index in [9.17, 15) is 4.79 Å². The van der Waals surface area contributed by atoms with Gasteiger partial charge in [0.15, 0.2) is 0 Å². The Balaban J connectivity index is 1.57. The van der Waals surface area contributed by atoms with Crippen molar-refractivity contribution in [2.75, 3.05) is 19.7 Å². The van der Waals surface area contributed by atoms with E-state index >= 15 is 0 Å². The highest BCUT2D eigenvalue weighted by Crippen LogP contribution is 2.38. The van der Waals surface area contributed by atoms with Crippen molar-refractivity contribution in [2.45, 2.75) is 12.5 Å². The van der Waals surface area contributed by atoms with Gasteiger partial charge in [-0.05, 0) is 29.0 Å². The third-order valence-electron chi connectivity index (χ3n) is 5.75. The zero-order valence-electron chi connectivity index (χ0n) is 18.5. The molecule has 2 aromatic carbocycles. The molecule has 8 heteroatoms. The topological polar surface area (TPSA) is 82.8 Å². The molecule has 0 fully saturated rings. The minimum atomic E-state index is -0.286. The number of amides is 1. The number of aliphatic hydroxyl groups is 1. The predicted octanol–water partition coefficient (Wildman–Crippen LogP) is 3.86. The number of hydrazone groups is 1. The molecule has 172 valence electrons. The fourth-order valence-electron chi connectivity index (χ4n) is 4.11. The molecule has 0 saturated heterocycles. The number of carbonyl (C=O) groups is 1. The second-order valence-electron chi connectivity index (χ2n) is 8.00.